The number of alkyl halides is 3. The van der Waals surface area contributed by atoms with Crippen LogP contribution in [0.25, 0.3) is 0 Å². The summed E-state index contributed by atoms with van der Waals surface area (Å²) in [6, 6.07) is 7.18. The molecule has 0 fully saturated rings. The fraction of sp³-hybridized carbons (Fsp3) is 0.333. The predicted octanol–water partition coefficient (Wildman–Crippen LogP) is 2.81. The zero-order chi connectivity index (χ0) is 16.0. The zero-order valence-corrected chi connectivity index (χ0v) is 14.3. The maximum atomic E-state index is 11.1. The average Bonchev–Trinajstić information content (AvgIpc) is 2.37. The third-order valence-electron chi connectivity index (χ3n) is 2.31. The minimum atomic E-state index is -1.77. The maximum absolute atomic E-state index is 11.1. The molecule has 1 atom stereocenters. The Bertz CT molecular complexity index is 523. The van der Waals surface area contributed by atoms with Gasteiger partial charge in [0.05, 0.1) is 12.8 Å². The van der Waals surface area contributed by atoms with Gasteiger partial charge >= 0.3 is 0 Å². The van der Waals surface area contributed by atoms with Crippen molar-refractivity contribution >= 4 is 63.7 Å². The smallest absolute Gasteiger partial charge is 0.228 e. The normalized spacial score (nSPS) is 12.2. The summed E-state index contributed by atoms with van der Waals surface area (Å²) < 4.78 is 3.42. The van der Waals surface area contributed by atoms with Gasteiger partial charge in [0.2, 0.25) is 9.70 Å². The van der Waals surface area contributed by atoms with Crippen molar-refractivity contribution < 1.29 is 9.53 Å². The van der Waals surface area contributed by atoms with Crippen LogP contribution in [0.4, 0.5) is 5.69 Å². The van der Waals surface area contributed by atoms with Gasteiger partial charge in [0.15, 0.2) is 5.11 Å². The third kappa shape index (κ3) is 6.13. The first-order valence-electron chi connectivity index (χ1n) is 5.78. The Morgan fingerprint density at radius 1 is 1.29 bits per heavy atom. The van der Waals surface area contributed by atoms with Gasteiger partial charge in [-0.15, -0.1) is 0 Å². The number of amides is 1. The highest BCUT2D eigenvalue weighted by molar-refractivity contribution is 7.80. The van der Waals surface area contributed by atoms with E-state index in [0.717, 1.165) is 0 Å². The van der Waals surface area contributed by atoms with Gasteiger partial charge in [-0.1, -0.05) is 46.9 Å². The molecule has 0 aliphatic rings. The molecule has 0 aromatic heterocycles. The summed E-state index contributed by atoms with van der Waals surface area (Å²) in [5, 5.41) is 8.26. The molecule has 0 aliphatic heterocycles. The van der Waals surface area contributed by atoms with Crippen LogP contribution in [0.1, 0.15) is 6.92 Å². The van der Waals surface area contributed by atoms with Gasteiger partial charge in [-0.3, -0.25) is 4.79 Å². The monoisotopic (exact) mass is 369 g/mol. The number of carbonyl (C=O) groups excluding carboxylic acids is 1. The number of anilines is 1. The highest BCUT2D eigenvalue weighted by atomic mass is 35.6. The highest BCUT2D eigenvalue weighted by Crippen LogP contribution is 2.29. The zero-order valence-electron chi connectivity index (χ0n) is 11.2. The summed E-state index contributed by atoms with van der Waals surface area (Å²) >= 11 is 22.5. The van der Waals surface area contributed by atoms with E-state index in [1.54, 1.807) is 19.2 Å². The molecular weight excluding hydrogens is 357 g/mol. The number of halogens is 3. The molecule has 1 aromatic rings. The minimum Gasteiger partial charge on any atom is -0.495 e. The van der Waals surface area contributed by atoms with Crippen LogP contribution >= 0.6 is 47.0 Å². The van der Waals surface area contributed by atoms with Crippen LogP contribution in [0.5, 0.6) is 5.75 Å². The molecule has 0 saturated heterocycles. The van der Waals surface area contributed by atoms with Crippen molar-refractivity contribution in [3.63, 3.8) is 0 Å². The number of para-hydroxylation sites is 2. The summed E-state index contributed by atoms with van der Waals surface area (Å²) in [5.41, 5.74) is 0.642. The lowest BCUT2D eigenvalue weighted by molar-refractivity contribution is -0.119. The van der Waals surface area contributed by atoms with Gasteiger partial charge in [-0.05, 0) is 24.4 Å². The Kier molecular flexibility index (Phi) is 6.80. The van der Waals surface area contributed by atoms with E-state index in [1.807, 2.05) is 12.1 Å². The summed E-state index contributed by atoms with van der Waals surface area (Å²) in [4.78, 5) is 11.1. The molecule has 1 rings (SSSR count). The van der Waals surface area contributed by atoms with Crippen LogP contribution in [-0.4, -0.2) is 28.1 Å². The van der Waals surface area contributed by atoms with Gasteiger partial charge in [-0.2, -0.15) is 0 Å². The fourth-order valence-corrected chi connectivity index (χ4v) is 2.00. The molecule has 21 heavy (non-hydrogen) atoms. The number of thiocarbonyl (C=S) groups is 1. The van der Waals surface area contributed by atoms with Crippen LogP contribution in [0.15, 0.2) is 24.3 Å². The molecule has 5 nitrogen and oxygen atoms in total. The third-order valence-corrected chi connectivity index (χ3v) is 3.18. The molecule has 0 aliphatic carbocycles. The highest BCUT2D eigenvalue weighted by Gasteiger charge is 2.34. The van der Waals surface area contributed by atoms with E-state index in [0.29, 0.717) is 11.4 Å². The van der Waals surface area contributed by atoms with Crippen LogP contribution in [0.3, 0.4) is 0 Å². The van der Waals surface area contributed by atoms with Crippen LogP contribution < -0.4 is 20.7 Å². The quantitative estimate of drug-likeness (QED) is 0.432. The van der Waals surface area contributed by atoms with E-state index in [2.05, 4.69) is 16.0 Å². The van der Waals surface area contributed by atoms with E-state index in [-0.39, 0.29) is 11.0 Å². The Morgan fingerprint density at radius 3 is 2.43 bits per heavy atom. The van der Waals surface area contributed by atoms with E-state index >= 15 is 0 Å². The summed E-state index contributed by atoms with van der Waals surface area (Å²) in [6.45, 7) is 1.31. The number of benzene rings is 1. The van der Waals surface area contributed by atoms with Gasteiger partial charge in [-0.25, -0.2) is 0 Å². The molecule has 9 heteroatoms. The molecule has 3 N–H and O–H groups in total. The van der Waals surface area contributed by atoms with Crippen molar-refractivity contribution in [2.45, 2.75) is 16.9 Å². The Hall–Kier alpha value is -0.950. The first kappa shape index (κ1) is 18.1. The van der Waals surface area contributed by atoms with Crippen molar-refractivity contribution in [1.29, 1.82) is 0 Å². The maximum Gasteiger partial charge on any atom is 0.228 e. The van der Waals surface area contributed by atoms with Crippen molar-refractivity contribution in [2.75, 3.05) is 12.4 Å². The van der Waals surface area contributed by atoms with Crippen molar-refractivity contribution in [3.05, 3.63) is 24.3 Å². The number of carbonyl (C=O) groups is 1. The Labute approximate surface area is 143 Å². The first-order chi connectivity index (χ1) is 9.74. The number of hydrogen-bond donors (Lipinski definition) is 3. The Morgan fingerprint density at radius 2 is 1.90 bits per heavy atom. The SMILES string of the molecule is COc1ccccc1NC(=S)N[C@H](NC(C)=O)C(Cl)(Cl)Cl. The van der Waals surface area contributed by atoms with Gasteiger partial charge in [0.1, 0.15) is 11.9 Å². The number of hydrogen-bond acceptors (Lipinski definition) is 3. The number of methoxy groups -OCH3 is 1. The van der Waals surface area contributed by atoms with E-state index in [4.69, 9.17) is 51.8 Å². The van der Waals surface area contributed by atoms with Crippen LogP contribution in [-0.2, 0) is 4.79 Å². The Balaban J connectivity index is 2.76. The predicted molar refractivity (Wildman–Crippen MR) is 90.2 cm³/mol. The fourth-order valence-electron chi connectivity index (χ4n) is 1.44. The second kappa shape index (κ2) is 7.89. The van der Waals surface area contributed by atoms with Crippen LogP contribution in [0, 0.1) is 0 Å². The summed E-state index contributed by atoms with van der Waals surface area (Å²) in [7, 11) is 1.54. The van der Waals surface area contributed by atoms with Crippen molar-refractivity contribution in [3.8, 4) is 5.75 Å². The summed E-state index contributed by atoms with van der Waals surface area (Å²) in [5.74, 6) is 0.241. The second-order valence-electron chi connectivity index (χ2n) is 3.97. The lowest BCUT2D eigenvalue weighted by Crippen LogP contribution is -2.55. The molecular formula is C12H14Cl3N3O2S. The second-order valence-corrected chi connectivity index (χ2v) is 6.75. The molecule has 116 valence electrons. The number of rotatable bonds is 4. The lowest BCUT2D eigenvalue weighted by Gasteiger charge is -2.27. The minimum absolute atomic E-state index is 0.171. The molecule has 0 heterocycles. The van der Waals surface area contributed by atoms with Gasteiger partial charge in [0, 0.05) is 6.92 Å². The standard InChI is InChI=1S/C12H14Cl3N3O2S/c1-7(19)16-10(12(13,14)15)18-11(21)17-8-5-3-4-6-9(8)20-2/h3-6,10H,1-2H3,(H,16,19)(H2,17,18,21)/t10-/m0/s1. The topological polar surface area (TPSA) is 62.4 Å². The largest absolute Gasteiger partial charge is 0.495 e. The number of nitrogens with one attached hydrogen (secondary N) is 3. The van der Waals surface area contributed by atoms with E-state index in [9.17, 15) is 4.79 Å². The molecule has 0 spiro atoms. The number of ether oxygens (including phenoxy) is 1. The van der Waals surface area contributed by atoms with Crippen LogP contribution in [0.2, 0.25) is 0 Å². The van der Waals surface area contributed by atoms with Gasteiger partial charge < -0.3 is 20.7 Å². The average molecular weight is 371 g/mol. The van der Waals surface area contributed by atoms with Crippen molar-refractivity contribution in [1.82, 2.24) is 10.6 Å². The molecule has 0 unspecified atom stereocenters. The van der Waals surface area contributed by atoms with E-state index < -0.39 is 9.96 Å². The van der Waals surface area contributed by atoms with Gasteiger partial charge in [0.25, 0.3) is 0 Å². The first-order valence-corrected chi connectivity index (χ1v) is 7.32. The molecule has 0 saturated carbocycles. The molecule has 0 bridgehead atoms. The van der Waals surface area contributed by atoms with Crippen molar-refractivity contribution in [2.24, 2.45) is 0 Å². The summed E-state index contributed by atoms with van der Waals surface area (Å²) in [6.07, 6.45) is -0.977. The lowest BCUT2D eigenvalue weighted by atomic mass is 10.3. The van der Waals surface area contributed by atoms with E-state index in [1.165, 1.54) is 6.92 Å². The molecule has 1 amide bonds. The molecule has 1 aromatic carbocycles. The molecule has 0 radical (unpaired) electrons.